The van der Waals surface area contributed by atoms with Crippen molar-refractivity contribution in [2.24, 2.45) is 5.92 Å². The van der Waals surface area contributed by atoms with E-state index in [4.69, 9.17) is 0 Å². The summed E-state index contributed by atoms with van der Waals surface area (Å²) in [5, 5.41) is 0. The number of hydrogen-bond acceptors (Lipinski definition) is 2. The molecule has 1 fully saturated rings. The van der Waals surface area contributed by atoms with Crippen LogP contribution < -0.4 is 0 Å². The van der Waals surface area contributed by atoms with E-state index in [2.05, 4.69) is 32.6 Å². The van der Waals surface area contributed by atoms with Crippen molar-refractivity contribution in [3.05, 3.63) is 0 Å². The molecule has 0 aromatic rings. The molecule has 0 amide bonds. The Bertz CT molecular complexity index is 227. The molecule has 1 rings (SSSR count). The summed E-state index contributed by atoms with van der Waals surface area (Å²) in [5.74, 6) is 0.718. The lowest BCUT2D eigenvalue weighted by Gasteiger charge is -2.40. The first-order valence-corrected chi connectivity index (χ1v) is 6.91. The predicted octanol–water partition coefficient (Wildman–Crippen LogP) is 3.26. The van der Waals surface area contributed by atoms with Crippen molar-refractivity contribution in [2.45, 2.75) is 65.3 Å². The highest BCUT2D eigenvalue weighted by molar-refractivity contribution is 5.90. The Hall–Kier alpha value is -0.370. The van der Waals surface area contributed by atoms with Gasteiger partial charge in [0.2, 0.25) is 0 Å². The fraction of sp³-hybridized carbons (Fsp3) is 0.929. The topological polar surface area (TPSA) is 20.3 Å². The monoisotopic (exact) mass is 225 g/mol. The van der Waals surface area contributed by atoms with Crippen molar-refractivity contribution in [2.75, 3.05) is 13.1 Å². The Kier molecular flexibility index (Phi) is 4.97. The Labute approximate surface area is 100 Å². The fourth-order valence-corrected chi connectivity index (χ4v) is 3.15. The molecule has 0 radical (unpaired) electrons. The summed E-state index contributed by atoms with van der Waals surface area (Å²) in [6.45, 7) is 10.6. The summed E-state index contributed by atoms with van der Waals surface area (Å²) in [6.07, 6.45) is 5.58. The Morgan fingerprint density at radius 3 is 2.06 bits per heavy atom. The van der Waals surface area contributed by atoms with E-state index in [1.165, 1.54) is 12.8 Å². The van der Waals surface area contributed by atoms with Crippen LogP contribution >= 0.6 is 0 Å². The number of likely N-dealkylation sites (N-methyl/N-ethyl adjacent to an activating group) is 1. The van der Waals surface area contributed by atoms with Crippen LogP contribution in [-0.2, 0) is 4.79 Å². The molecule has 1 aliphatic carbocycles. The highest BCUT2D eigenvalue weighted by Crippen LogP contribution is 2.38. The van der Waals surface area contributed by atoms with E-state index in [0.717, 1.165) is 32.4 Å². The summed E-state index contributed by atoms with van der Waals surface area (Å²) in [6, 6.07) is 0. The molecule has 1 unspecified atom stereocenters. The molecule has 1 saturated carbocycles. The van der Waals surface area contributed by atoms with E-state index >= 15 is 0 Å². The highest BCUT2D eigenvalue weighted by atomic mass is 16.1. The Balaban J connectivity index is 2.91. The van der Waals surface area contributed by atoms with Crippen molar-refractivity contribution in [3.63, 3.8) is 0 Å². The molecule has 1 aliphatic rings. The van der Waals surface area contributed by atoms with Gasteiger partial charge in [-0.25, -0.2) is 0 Å². The number of hydrogen-bond donors (Lipinski definition) is 0. The van der Waals surface area contributed by atoms with Crippen molar-refractivity contribution in [1.29, 1.82) is 0 Å². The second-order valence-corrected chi connectivity index (χ2v) is 5.08. The average Bonchev–Trinajstić information content (AvgIpc) is 2.79. The Morgan fingerprint density at radius 1 is 1.19 bits per heavy atom. The molecule has 0 N–H and O–H groups in total. The fourth-order valence-electron chi connectivity index (χ4n) is 3.15. The summed E-state index contributed by atoms with van der Waals surface area (Å²) in [7, 11) is 0. The van der Waals surface area contributed by atoms with Crippen molar-refractivity contribution < 1.29 is 4.79 Å². The molecule has 2 heteroatoms. The van der Waals surface area contributed by atoms with Crippen LogP contribution in [0.1, 0.15) is 59.8 Å². The maximum absolute atomic E-state index is 12.6. The normalized spacial score (nSPS) is 21.3. The SMILES string of the molecule is CCC(C)C(=O)C1(N(CC)CC)CCCC1. The molecule has 0 bridgehead atoms. The van der Waals surface area contributed by atoms with Crippen LogP contribution in [0.15, 0.2) is 0 Å². The van der Waals surface area contributed by atoms with Crippen molar-refractivity contribution in [1.82, 2.24) is 4.90 Å². The van der Waals surface area contributed by atoms with Crippen LogP contribution in [0.2, 0.25) is 0 Å². The van der Waals surface area contributed by atoms with Gasteiger partial charge < -0.3 is 0 Å². The molecule has 0 aromatic heterocycles. The van der Waals surface area contributed by atoms with Crippen LogP contribution in [0.4, 0.5) is 0 Å². The smallest absolute Gasteiger partial charge is 0.155 e. The van der Waals surface area contributed by atoms with Gasteiger partial charge in [-0.1, -0.05) is 40.5 Å². The number of nitrogens with zero attached hydrogens (tertiary/aromatic N) is 1. The molecule has 0 saturated heterocycles. The Morgan fingerprint density at radius 2 is 1.69 bits per heavy atom. The second-order valence-electron chi connectivity index (χ2n) is 5.08. The van der Waals surface area contributed by atoms with Gasteiger partial charge in [-0.15, -0.1) is 0 Å². The van der Waals surface area contributed by atoms with Gasteiger partial charge in [0.05, 0.1) is 5.54 Å². The lowest BCUT2D eigenvalue weighted by atomic mass is 9.82. The third-order valence-corrected chi connectivity index (χ3v) is 4.32. The first-order valence-electron chi connectivity index (χ1n) is 6.91. The molecule has 2 nitrogen and oxygen atoms in total. The quantitative estimate of drug-likeness (QED) is 0.691. The zero-order valence-electron chi connectivity index (χ0n) is 11.4. The van der Waals surface area contributed by atoms with Gasteiger partial charge in [0, 0.05) is 5.92 Å². The van der Waals surface area contributed by atoms with Crippen LogP contribution in [-0.4, -0.2) is 29.3 Å². The minimum atomic E-state index is -0.112. The molecular weight excluding hydrogens is 198 g/mol. The number of rotatable bonds is 6. The van der Waals surface area contributed by atoms with Gasteiger partial charge >= 0.3 is 0 Å². The summed E-state index contributed by atoms with van der Waals surface area (Å²) in [4.78, 5) is 15.0. The molecule has 0 aliphatic heterocycles. The van der Waals surface area contributed by atoms with E-state index < -0.39 is 0 Å². The van der Waals surface area contributed by atoms with Gasteiger partial charge in [-0.2, -0.15) is 0 Å². The first kappa shape index (κ1) is 13.7. The zero-order chi connectivity index (χ0) is 12.2. The van der Waals surface area contributed by atoms with E-state index in [1.54, 1.807) is 0 Å². The van der Waals surface area contributed by atoms with Gasteiger partial charge in [0.1, 0.15) is 0 Å². The number of carbonyl (C=O) groups is 1. The van der Waals surface area contributed by atoms with Gasteiger partial charge in [0.15, 0.2) is 5.78 Å². The number of carbonyl (C=O) groups excluding carboxylic acids is 1. The molecule has 0 spiro atoms. The standard InChI is InChI=1S/C14H27NO/c1-5-12(4)13(16)14(10-8-9-11-14)15(6-2)7-3/h12H,5-11H2,1-4H3. The minimum absolute atomic E-state index is 0.112. The molecule has 0 aromatic carbocycles. The van der Waals surface area contributed by atoms with Gasteiger partial charge in [-0.3, -0.25) is 9.69 Å². The lowest BCUT2D eigenvalue weighted by Crippen LogP contribution is -2.54. The highest BCUT2D eigenvalue weighted by Gasteiger charge is 2.45. The maximum atomic E-state index is 12.6. The minimum Gasteiger partial charge on any atom is -0.297 e. The second kappa shape index (κ2) is 5.81. The summed E-state index contributed by atoms with van der Waals surface area (Å²) < 4.78 is 0. The third kappa shape index (κ3) is 2.32. The van der Waals surface area contributed by atoms with Gasteiger partial charge in [-0.05, 0) is 32.4 Å². The molecule has 1 atom stereocenters. The zero-order valence-corrected chi connectivity index (χ0v) is 11.4. The lowest BCUT2D eigenvalue weighted by molar-refractivity contribution is -0.134. The van der Waals surface area contributed by atoms with E-state index in [1.807, 2.05) is 0 Å². The van der Waals surface area contributed by atoms with Crippen molar-refractivity contribution in [3.8, 4) is 0 Å². The van der Waals surface area contributed by atoms with Crippen LogP contribution in [0.5, 0.6) is 0 Å². The average molecular weight is 225 g/mol. The van der Waals surface area contributed by atoms with E-state index in [0.29, 0.717) is 5.78 Å². The number of ketones is 1. The first-order chi connectivity index (χ1) is 7.62. The molecular formula is C14H27NO. The third-order valence-electron chi connectivity index (χ3n) is 4.32. The summed E-state index contributed by atoms with van der Waals surface area (Å²) >= 11 is 0. The van der Waals surface area contributed by atoms with E-state index in [-0.39, 0.29) is 11.5 Å². The molecule has 94 valence electrons. The van der Waals surface area contributed by atoms with Crippen LogP contribution in [0.3, 0.4) is 0 Å². The van der Waals surface area contributed by atoms with Crippen LogP contribution in [0, 0.1) is 5.92 Å². The van der Waals surface area contributed by atoms with E-state index in [9.17, 15) is 4.79 Å². The van der Waals surface area contributed by atoms with Crippen LogP contribution in [0.25, 0.3) is 0 Å². The van der Waals surface area contributed by atoms with Gasteiger partial charge in [0.25, 0.3) is 0 Å². The largest absolute Gasteiger partial charge is 0.297 e. The van der Waals surface area contributed by atoms with Crippen molar-refractivity contribution >= 4 is 5.78 Å². The molecule has 0 heterocycles. The molecule has 16 heavy (non-hydrogen) atoms. The maximum Gasteiger partial charge on any atom is 0.155 e. The predicted molar refractivity (Wildman–Crippen MR) is 68.6 cm³/mol. The number of Topliss-reactive ketones (excluding diaryl/α,β-unsaturated/α-hetero) is 1. The summed E-state index contributed by atoms with van der Waals surface area (Å²) in [5.41, 5.74) is -0.112.